The van der Waals surface area contributed by atoms with Crippen molar-refractivity contribution in [2.45, 2.75) is 43.0 Å². The molecule has 4 fully saturated rings. The predicted molar refractivity (Wildman–Crippen MR) is 90.9 cm³/mol. The fourth-order valence-corrected chi connectivity index (χ4v) is 5.84. The van der Waals surface area contributed by atoms with Gasteiger partial charge in [0.2, 0.25) is 0 Å². The Morgan fingerprint density at radius 2 is 1.71 bits per heavy atom. The molecule has 6 nitrogen and oxygen atoms in total. The number of anilines is 1. The second-order valence-electron chi connectivity index (χ2n) is 7.76. The van der Waals surface area contributed by atoms with Crippen LogP contribution in [0.4, 0.5) is 11.4 Å². The molecule has 2 saturated carbocycles. The van der Waals surface area contributed by atoms with E-state index in [9.17, 15) is 18.5 Å². The summed E-state index contributed by atoms with van der Waals surface area (Å²) in [7, 11) is -3.46. The number of hydrogen-bond acceptors (Lipinski definition) is 5. The Morgan fingerprint density at radius 1 is 1.08 bits per heavy atom. The van der Waals surface area contributed by atoms with E-state index in [0.717, 1.165) is 37.5 Å². The van der Waals surface area contributed by atoms with Crippen LogP contribution in [0, 0.1) is 27.9 Å². The molecular formula is C17H22N2O4S. The van der Waals surface area contributed by atoms with Crippen molar-refractivity contribution in [3.05, 3.63) is 28.3 Å². The van der Waals surface area contributed by atoms with Gasteiger partial charge in [-0.05, 0) is 62.0 Å². The molecule has 0 radical (unpaired) electrons. The molecule has 2 aliphatic carbocycles. The topological polar surface area (TPSA) is 80.5 Å². The van der Waals surface area contributed by atoms with Gasteiger partial charge in [0.15, 0.2) is 9.84 Å². The van der Waals surface area contributed by atoms with Gasteiger partial charge in [0, 0.05) is 24.9 Å². The first kappa shape index (κ1) is 15.9. The smallest absolute Gasteiger partial charge is 0.293 e. The molecule has 0 spiro atoms. The average molecular weight is 350 g/mol. The number of sulfone groups is 1. The lowest BCUT2D eigenvalue weighted by Gasteiger charge is -2.39. The lowest BCUT2D eigenvalue weighted by atomic mass is 9.68. The van der Waals surface area contributed by atoms with E-state index in [1.54, 1.807) is 6.07 Å². The summed E-state index contributed by atoms with van der Waals surface area (Å²) in [6.07, 6.45) is 7.08. The highest BCUT2D eigenvalue weighted by Crippen LogP contribution is 2.49. The highest BCUT2D eigenvalue weighted by Gasteiger charge is 2.43. The molecule has 24 heavy (non-hydrogen) atoms. The minimum atomic E-state index is -3.46. The van der Waals surface area contributed by atoms with Crippen LogP contribution in [0.3, 0.4) is 0 Å². The highest BCUT2D eigenvalue weighted by molar-refractivity contribution is 7.90. The maximum atomic E-state index is 11.7. The molecule has 1 aromatic carbocycles. The third kappa shape index (κ3) is 2.68. The van der Waals surface area contributed by atoms with Gasteiger partial charge in [-0.3, -0.25) is 10.1 Å². The van der Waals surface area contributed by atoms with Crippen LogP contribution in [0.2, 0.25) is 0 Å². The van der Waals surface area contributed by atoms with Gasteiger partial charge < -0.3 is 4.90 Å². The van der Waals surface area contributed by atoms with Crippen molar-refractivity contribution in [1.29, 1.82) is 0 Å². The molecule has 2 unspecified atom stereocenters. The van der Waals surface area contributed by atoms with Crippen LogP contribution in [0.25, 0.3) is 0 Å². The van der Waals surface area contributed by atoms with Crippen molar-refractivity contribution in [3.8, 4) is 0 Å². The number of hydrogen-bond donors (Lipinski definition) is 0. The van der Waals surface area contributed by atoms with E-state index >= 15 is 0 Å². The van der Waals surface area contributed by atoms with E-state index in [1.165, 1.54) is 31.4 Å². The number of rotatable bonds is 3. The summed E-state index contributed by atoms with van der Waals surface area (Å²) < 4.78 is 23.5. The Balaban J connectivity index is 1.77. The summed E-state index contributed by atoms with van der Waals surface area (Å²) in [4.78, 5) is 13.3. The highest BCUT2D eigenvalue weighted by atomic mass is 32.2. The molecule has 2 aliphatic heterocycles. The van der Waals surface area contributed by atoms with Gasteiger partial charge in [-0.15, -0.1) is 0 Å². The molecule has 2 atom stereocenters. The van der Waals surface area contributed by atoms with Crippen LogP contribution in [0.1, 0.15) is 32.1 Å². The molecule has 4 bridgehead atoms. The summed E-state index contributed by atoms with van der Waals surface area (Å²) in [6.45, 7) is 0.858. The molecule has 5 rings (SSSR count). The maximum Gasteiger partial charge on any atom is 0.293 e. The third-order valence-electron chi connectivity index (χ3n) is 5.99. The lowest BCUT2D eigenvalue weighted by molar-refractivity contribution is -0.384. The number of nitro groups is 1. The molecule has 0 N–H and O–H groups in total. The number of benzene rings is 1. The monoisotopic (exact) mass is 350 g/mol. The average Bonchev–Trinajstić information content (AvgIpc) is 2.69. The Kier molecular flexibility index (Phi) is 3.60. The largest absolute Gasteiger partial charge is 0.363 e. The van der Waals surface area contributed by atoms with Crippen molar-refractivity contribution in [2.75, 3.05) is 17.7 Å². The normalized spacial score (nSPS) is 32.0. The Morgan fingerprint density at radius 3 is 2.29 bits per heavy atom. The summed E-state index contributed by atoms with van der Waals surface area (Å²) in [5, 5.41) is 11.6. The molecule has 7 heteroatoms. The summed E-state index contributed by atoms with van der Waals surface area (Å²) in [6, 6.07) is 4.72. The van der Waals surface area contributed by atoms with E-state index in [-0.39, 0.29) is 10.6 Å². The third-order valence-corrected chi connectivity index (χ3v) is 7.10. The first-order valence-electron chi connectivity index (χ1n) is 8.56. The fraction of sp³-hybridized carbons (Fsp3) is 0.647. The minimum absolute atomic E-state index is 0.0126. The molecular weight excluding hydrogens is 328 g/mol. The van der Waals surface area contributed by atoms with Crippen molar-refractivity contribution < 1.29 is 13.3 Å². The van der Waals surface area contributed by atoms with Crippen LogP contribution in [-0.2, 0) is 9.84 Å². The van der Waals surface area contributed by atoms with Gasteiger partial charge in [0.05, 0.1) is 9.82 Å². The van der Waals surface area contributed by atoms with Gasteiger partial charge in [-0.2, -0.15) is 0 Å². The van der Waals surface area contributed by atoms with E-state index in [2.05, 4.69) is 4.90 Å². The SMILES string of the molecule is CS(=O)(=O)c1ccc(N2CC3CC4CC(C3)CC2C4)c([N+](=O)[O-])c1. The molecule has 4 aliphatic rings. The van der Waals surface area contributed by atoms with E-state index in [0.29, 0.717) is 17.6 Å². The van der Waals surface area contributed by atoms with Gasteiger partial charge in [0.25, 0.3) is 5.69 Å². The standard InChI is InChI=1S/C17H22N2O4S/c1-24(22,23)15-2-3-16(17(9-15)19(20)21)18-10-13-5-11-4-12(6-13)8-14(18)7-11/h2-3,9,11-14H,4-8,10H2,1H3. The lowest BCUT2D eigenvalue weighted by Crippen LogP contribution is -2.38. The second kappa shape index (κ2) is 5.44. The minimum Gasteiger partial charge on any atom is -0.363 e. The van der Waals surface area contributed by atoms with Gasteiger partial charge in [-0.25, -0.2) is 8.42 Å². The first-order valence-corrected chi connectivity index (χ1v) is 10.5. The van der Waals surface area contributed by atoms with Crippen LogP contribution in [-0.4, -0.2) is 32.2 Å². The van der Waals surface area contributed by atoms with Crippen molar-refractivity contribution >= 4 is 21.2 Å². The number of nitro benzene ring substituents is 1. The maximum absolute atomic E-state index is 11.7. The molecule has 1 aromatic rings. The zero-order valence-electron chi connectivity index (χ0n) is 13.7. The Hall–Kier alpha value is -1.63. The van der Waals surface area contributed by atoms with Gasteiger partial charge in [-0.1, -0.05) is 0 Å². The number of fused-ring (bicyclic) bond motifs is 1. The van der Waals surface area contributed by atoms with Crippen LogP contribution in [0.5, 0.6) is 0 Å². The predicted octanol–water partition coefficient (Wildman–Crippen LogP) is 3.01. The zero-order valence-corrected chi connectivity index (χ0v) is 14.5. The van der Waals surface area contributed by atoms with Crippen molar-refractivity contribution in [2.24, 2.45) is 17.8 Å². The van der Waals surface area contributed by atoms with Crippen LogP contribution in [0.15, 0.2) is 23.1 Å². The Labute approximate surface area is 141 Å². The molecule has 0 amide bonds. The van der Waals surface area contributed by atoms with E-state index in [1.807, 2.05) is 0 Å². The van der Waals surface area contributed by atoms with Crippen molar-refractivity contribution in [1.82, 2.24) is 0 Å². The quantitative estimate of drug-likeness (QED) is 0.618. The molecule has 2 heterocycles. The zero-order chi connectivity index (χ0) is 17.1. The fourth-order valence-electron chi connectivity index (χ4n) is 5.20. The van der Waals surface area contributed by atoms with Gasteiger partial charge in [0.1, 0.15) is 5.69 Å². The summed E-state index contributed by atoms with van der Waals surface area (Å²) in [5.41, 5.74) is 0.504. The molecule has 0 aromatic heterocycles. The Bertz CT molecular complexity index is 778. The van der Waals surface area contributed by atoms with Crippen LogP contribution >= 0.6 is 0 Å². The van der Waals surface area contributed by atoms with E-state index in [4.69, 9.17) is 0 Å². The second-order valence-corrected chi connectivity index (χ2v) is 9.78. The molecule has 130 valence electrons. The van der Waals surface area contributed by atoms with E-state index < -0.39 is 14.8 Å². The number of nitrogens with zero attached hydrogens (tertiary/aromatic N) is 2. The molecule has 2 saturated heterocycles. The van der Waals surface area contributed by atoms with Crippen molar-refractivity contribution in [3.63, 3.8) is 0 Å². The van der Waals surface area contributed by atoms with Gasteiger partial charge >= 0.3 is 0 Å². The summed E-state index contributed by atoms with van der Waals surface area (Å²) >= 11 is 0. The summed E-state index contributed by atoms with van der Waals surface area (Å²) in [5.74, 6) is 2.12. The first-order chi connectivity index (χ1) is 11.3. The van der Waals surface area contributed by atoms with Crippen LogP contribution < -0.4 is 4.90 Å².